The molecule has 0 saturated carbocycles. The van der Waals surface area contributed by atoms with Crippen LogP contribution in [0.5, 0.6) is 0 Å². The van der Waals surface area contributed by atoms with Crippen LogP contribution in [-0.4, -0.2) is 161 Å². The number of esters is 6. The van der Waals surface area contributed by atoms with E-state index in [-0.39, 0.29) is 0 Å². The summed E-state index contributed by atoms with van der Waals surface area (Å²) in [5.74, 6) is -9.99. The monoisotopic (exact) mass is 806 g/mol. The van der Waals surface area contributed by atoms with Crippen molar-refractivity contribution in [1.82, 2.24) is 21.3 Å². The Bertz CT molecular complexity index is 1380. The standard InChI is InChI=1S/C32H46N4O20/c1-13(37)49-11-19-23(51-15(3)39)25(53-17(5)41)21(31(47-7)55-19)35-29(45)27(43)33-9-10-34-28(44)30(46)36-22-26(54-18(6)42)24(52-16(4)40)20(12-50-14(2)38)56-32(22)48-8/h19-26,31-32H,9-12H2,1-8H3,(H,33,43)(H,34,44)(H,35,45)(H,36,46)/t19-,20-,21-,22-,23-,24-,25-,26-,31+,32+/m1/s1. The Morgan fingerprint density at radius 2 is 0.750 bits per heavy atom. The number of methoxy groups -OCH3 is 2. The summed E-state index contributed by atoms with van der Waals surface area (Å²) in [7, 11) is 2.33. The molecule has 0 aliphatic carbocycles. The first-order valence-corrected chi connectivity index (χ1v) is 16.8. The number of hydrogen-bond donors (Lipinski definition) is 4. The van der Waals surface area contributed by atoms with Gasteiger partial charge >= 0.3 is 59.4 Å². The number of carbonyl (C=O) groups excluding carboxylic acids is 10. The van der Waals surface area contributed by atoms with E-state index in [1.807, 2.05) is 0 Å². The number of amides is 4. The number of ether oxygens (including phenoxy) is 10. The lowest BCUT2D eigenvalue weighted by molar-refractivity contribution is -0.271. The zero-order chi connectivity index (χ0) is 42.3. The van der Waals surface area contributed by atoms with Gasteiger partial charge in [-0.25, -0.2) is 0 Å². The molecule has 24 nitrogen and oxygen atoms in total. The SMILES string of the molecule is CO[C@H]1O[C@H](COC(C)=O)[C@@H](OC(C)=O)[C@H](OC(C)=O)[C@H]1NC(=O)C(=O)NCCNC(=O)C(=O)N[C@H]1[C@@H](OC)O[C@H](COC(C)=O)[C@@H](OC(C)=O)[C@@H]1OC(C)=O. The van der Waals surface area contributed by atoms with Crippen LogP contribution in [0, 0.1) is 0 Å². The summed E-state index contributed by atoms with van der Waals surface area (Å²) >= 11 is 0. The molecule has 0 aromatic carbocycles. The zero-order valence-corrected chi connectivity index (χ0v) is 31.8. The van der Waals surface area contributed by atoms with E-state index in [1.165, 1.54) is 0 Å². The van der Waals surface area contributed by atoms with Crippen LogP contribution in [0.25, 0.3) is 0 Å². The van der Waals surface area contributed by atoms with Crippen molar-refractivity contribution in [3.8, 4) is 0 Å². The van der Waals surface area contributed by atoms with Crippen LogP contribution in [0.15, 0.2) is 0 Å². The van der Waals surface area contributed by atoms with Crippen LogP contribution < -0.4 is 21.3 Å². The van der Waals surface area contributed by atoms with E-state index in [0.717, 1.165) is 55.8 Å². The van der Waals surface area contributed by atoms with Gasteiger partial charge < -0.3 is 68.6 Å². The van der Waals surface area contributed by atoms with Gasteiger partial charge in [0, 0.05) is 68.9 Å². The quantitative estimate of drug-likeness (QED) is 0.0527. The van der Waals surface area contributed by atoms with E-state index >= 15 is 0 Å². The van der Waals surface area contributed by atoms with Gasteiger partial charge in [-0.1, -0.05) is 0 Å². The molecular weight excluding hydrogens is 760 g/mol. The van der Waals surface area contributed by atoms with E-state index < -0.39 is 147 Å². The normalized spacial score (nSPS) is 26.9. The van der Waals surface area contributed by atoms with Gasteiger partial charge in [-0.05, 0) is 0 Å². The number of rotatable bonds is 15. The van der Waals surface area contributed by atoms with Gasteiger partial charge in [-0.3, -0.25) is 47.9 Å². The maximum absolute atomic E-state index is 12.9. The lowest BCUT2D eigenvalue weighted by atomic mass is 9.96. The second-order valence-electron chi connectivity index (χ2n) is 12.0. The average Bonchev–Trinajstić information content (AvgIpc) is 3.10. The summed E-state index contributed by atoms with van der Waals surface area (Å²) in [6.45, 7) is 4.64. The van der Waals surface area contributed by atoms with Crippen LogP contribution in [0.3, 0.4) is 0 Å². The molecule has 2 heterocycles. The topological polar surface area (TPSA) is 311 Å². The average molecular weight is 807 g/mol. The maximum Gasteiger partial charge on any atom is 0.309 e. The van der Waals surface area contributed by atoms with Gasteiger partial charge in [0.2, 0.25) is 0 Å². The van der Waals surface area contributed by atoms with E-state index in [0.29, 0.717) is 0 Å². The molecular formula is C32H46N4O20. The predicted molar refractivity (Wildman–Crippen MR) is 177 cm³/mol. The Hall–Kier alpha value is -5.46. The van der Waals surface area contributed by atoms with Gasteiger partial charge in [-0.2, -0.15) is 0 Å². The Balaban J connectivity index is 2.09. The van der Waals surface area contributed by atoms with Crippen molar-refractivity contribution in [2.75, 3.05) is 40.5 Å². The first-order chi connectivity index (χ1) is 26.3. The largest absolute Gasteiger partial charge is 0.463 e. The van der Waals surface area contributed by atoms with Crippen molar-refractivity contribution < 1.29 is 95.3 Å². The smallest absolute Gasteiger partial charge is 0.309 e. The molecule has 2 aliphatic rings. The number of nitrogens with one attached hydrogen (secondary N) is 4. The Morgan fingerprint density at radius 3 is 1.02 bits per heavy atom. The van der Waals surface area contributed by atoms with Gasteiger partial charge in [0.1, 0.15) is 37.5 Å². The van der Waals surface area contributed by atoms with E-state index in [1.54, 1.807) is 0 Å². The third-order valence-corrected chi connectivity index (χ3v) is 7.57. The molecule has 24 heteroatoms. The zero-order valence-electron chi connectivity index (χ0n) is 31.8. The van der Waals surface area contributed by atoms with Crippen molar-refractivity contribution in [2.24, 2.45) is 0 Å². The van der Waals surface area contributed by atoms with Crippen molar-refractivity contribution in [3.63, 3.8) is 0 Å². The number of hydrogen-bond acceptors (Lipinski definition) is 20. The number of carbonyl (C=O) groups is 10. The van der Waals surface area contributed by atoms with E-state index in [4.69, 9.17) is 47.4 Å². The summed E-state index contributed by atoms with van der Waals surface area (Å²) < 4.78 is 53.1. The summed E-state index contributed by atoms with van der Waals surface area (Å²) in [6.07, 6.45) is -11.2. The molecule has 0 radical (unpaired) electrons. The molecule has 2 fully saturated rings. The van der Waals surface area contributed by atoms with Crippen LogP contribution in [-0.2, 0) is 95.3 Å². The van der Waals surface area contributed by atoms with Crippen molar-refractivity contribution in [2.45, 2.75) is 103 Å². The van der Waals surface area contributed by atoms with Gasteiger partial charge in [0.25, 0.3) is 0 Å². The van der Waals surface area contributed by atoms with Gasteiger partial charge in [0.15, 0.2) is 37.0 Å². The lowest BCUT2D eigenvalue weighted by Gasteiger charge is -2.44. The summed E-state index contributed by atoms with van der Waals surface area (Å²) in [6, 6.07) is -2.90. The highest BCUT2D eigenvalue weighted by Gasteiger charge is 2.53. The molecule has 0 aromatic heterocycles. The van der Waals surface area contributed by atoms with E-state index in [2.05, 4.69) is 21.3 Å². The fraction of sp³-hybridized carbons (Fsp3) is 0.688. The van der Waals surface area contributed by atoms with Crippen molar-refractivity contribution >= 4 is 59.4 Å². The molecule has 4 N–H and O–H groups in total. The minimum Gasteiger partial charge on any atom is -0.463 e. The lowest BCUT2D eigenvalue weighted by Crippen LogP contribution is -2.67. The van der Waals surface area contributed by atoms with Crippen LogP contribution in [0.4, 0.5) is 0 Å². The third-order valence-electron chi connectivity index (χ3n) is 7.57. The fourth-order valence-electron chi connectivity index (χ4n) is 5.46. The molecule has 0 unspecified atom stereocenters. The fourth-order valence-corrected chi connectivity index (χ4v) is 5.46. The highest BCUT2D eigenvalue weighted by Crippen LogP contribution is 2.29. The molecule has 2 aliphatic heterocycles. The molecule has 4 amide bonds. The minimum atomic E-state index is -1.50. The van der Waals surface area contributed by atoms with Crippen molar-refractivity contribution in [1.29, 1.82) is 0 Å². The predicted octanol–water partition coefficient (Wildman–Crippen LogP) is -4.22. The molecule has 10 atom stereocenters. The van der Waals surface area contributed by atoms with Crippen LogP contribution >= 0.6 is 0 Å². The second-order valence-corrected chi connectivity index (χ2v) is 12.0. The summed E-state index contributed by atoms with van der Waals surface area (Å²) in [5.41, 5.74) is 0. The maximum atomic E-state index is 12.9. The highest BCUT2D eigenvalue weighted by molar-refractivity contribution is 6.35. The van der Waals surface area contributed by atoms with E-state index in [9.17, 15) is 47.9 Å². The minimum absolute atomic E-state index is 0.413. The summed E-state index contributed by atoms with van der Waals surface area (Å²) in [4.78, 5) is 122. The molecule has 314 valence electrons. The Labute approximate surface area is 319 Å². The Kier molecular flexibility index (Phi) is 18.5. The molecule has 56 heavy (non-hydrogen) atoms. The molecule has 0 aromatic rings. The second kappa shape index (κ2) is 22.2. The highest BCUT2D eigenvalue weighted by atomic mass is 16.7. The molecule has 2 saturated heterocycles. The first-order valence-electron chi connectivity index (χ1n) is 16.8. The molecule has 0 spiro atoms. The third kappa shape index (κ3) is 14.3. The summed E-state index contributed by atoms with van der Waals surface area (Å²) in [5, 5.41) is 8.99. The molecule has 0 bridgehead atoms. The molecule has 2 rings (SSSR count). The van der Waals surface area contributed by atoms with Gasteiger partial charge in [0.05, 0.1) is 0 Å². The van der Waals surface area contributed by atoms with Crippen molar-refractivity contribution in [3.05, 3.63) is 0 Å². The van der Waals surface area contributed by atoms with Crippen LogP contribution in [0.2, 0.25) is 0 Å². The van der Waals surface area contributed by atoms with Crippen LogP contribution in [0.1, 0.15) is 41.5 Å². The van der Waals surface area contributed by atoms with Gasteiger partial charge in [-0.15, -0.1) is 0 Å². The Morgan fingerprint density at radius 1 is 0.446 bits per heavy atom. The first kappa shape index (κ1) is 46.7.